The quantitative estimate of drug-likeness (QED) is 0.672. The van der Waals surface area contributed by atoms with Crippen molar-refractivity contribution in [1.82, 2.24) is 14.9 Å². The fraction of sp³-hybridized carbons (Fsp3) is 0.217. The minimum absolute atomic E-state index is 0.255. The highest BCUT2D eigenvalue weighted by Gasteiger charge is 2.21. The molecule has 0 radical (unpaired) electrons. The minimum atomic E-state index is 0.255. The molecule has 0 spiro atoms. The standard InChI is InChI=1S/C23H22N4O2/c24-19-3-1-16(2-4-19)23-25-11-18-13-27(8-7-21(18)26-23)12-15-9-17-10-20(28)5-6-22(17)29-14-15/h1-6,9-11,28H,7-8,12-14,24H2. The first-order valence-electron chi connectivity index (χ1n) is 9.72. The number of fused-ring (bicyclic) bond motifs is 2. The maximum atomic E-state index is 9.71. The molecule has 0 amide bonds. The molecule has 146 valence electrons. The van der Waals surface area contributed by atoms with Crippen LogP contribution in [0.1, 0.15) is 16.8 Å². The molecule has 3 heterocycles. The van der Waals surface area contributed by atoms with Crippen LogP contribution in [0.4, 0.5) is 5.69 Å². The summed E-state index contributed by atoms with van der Waals surface area (Å²) in [6.45, 7) is 3.17. The van der Waals surface area contributed by atoms with Gasteiger partial charge >= 0.3 is 0 Å². The summed E-state index contributed by atoms with van der Waals surface area (Å²) in [5, 5.41) is 9.71. The van der Waals surface area contributed by atoms with Crippen LogP contribution in [0.15, 0.2) is 54.2 Å². The molecule has 6 heteroatoms. The second-order valence-corrected chi connectivity index (χ2v) is 7.56. The summed E-state index contributed by atoms with van der Waals surface area (Å²) in [4.78, 5) is 11.7. The van der Waals surface area contributed by atoms with E-state index in [-0.39, 0.29) is 5.75 Å². The van der Waals surface area contributed by atoms with Gasteiger partial charge < -0.3 is 15.6 Å². The summed E-state index contributed by atoms with van der Waals surface area (Å²) in [7, 11) is 0. The number of phenolic OH excluding ortho intramolecular Hbond substituents is 1. The van der Waals surface area contributed by atoms with Gasteiger partial charge in [-0.05, 0) is 54.1 Å². The van der Waals surface area contributed by atoms with E-state index in [9.17, 15) is 5.11 Å². The molecule has 0 saturated carbocycles. The summed E-state index contributed by atoms with van der Waals surface area (Å²) in [5.41, 5.74) is 11.9. The van der Waals surface area contributed by atoms with Crippen LogP contribution < -0.4 is 10.5 Å². The summed E-state index contributed by atoms with van der Waals surface area (Å²) in [6.07, 6.45) is 4.96. The molecule has 0 unspecified atom stereocenters. The predicted octanol–water partition coefficient (Wildman–Crippen LogP) is 3.27. The Hall–Kier alpha value is -3.38. The lowest BCUT2D eigenvalue weighted by molar-refractivity contribution is 0.255. The Morgan fingerprint density at radius 1 is 1.14 bits per heavy atom. The number of ether oxygens (including phenoxy) is 1. The molecule has 1 aromatic heterocycles. The van der Waals surface area contributed by atoms with E-state index in [2.05, 4.69) is 16.0 Å². The number of anilines is 1. The number of rotatable bonds is 3. The first kappa shape index (κ1) is 17.7. The number of nitrogen functional groups attached to an aromatic ring is 1. The monoisotopic (exact) mass is 386 g/mol. The fourth-order valence-corrected chi connectivity index (χ4v) is 3.87. The van der Waals surface area contributed by atoms with E-state index in [1.165, 1.54) is 11.1 Å². The fourth-order valence-electron chi connectivity index (χ4n) is 3.87. The van der Waals surface area contributed by atoms with Gasteiger partial charge in [0.05, 0.1) is 5.69 Å². The minimum Gasteiger partial charge on any atom is -0.508 e. The molecule has 0 fully saturated rings. The van der Waals surface area contributed by atoms with Crippen LogP contribution in [-0.2, 0) is 13.0 Å². The Balaban J connectivity index is 1.31. The van der Waals surface area contributed by atoms with E-state index in [0.29, 0.717) is 6.61 Å². The van der Waals surface area contributed by atoms with Crippen molar-refractivity contribution >= 4 is 11.8 Å². The summed E-state index contributed by atoms with van der Waals surface area (Å²) < 4.78 is 5.84. The van der Waals surface area contributed by atoms with Crippen molar-refractivity contribution in [2.24, 2.45) is 0 Å². The molecule has 0 aliphatic carbocycles. The molecule has 6 nitrogen and oxygen atoms in total. The number of phenols is 1. The highest BCUT2D eigenvalue weighted by Crippen LogP contribution is 2.30. The summed E-state index contributed by atoms with van der Waals surface area (Å²) in [5.74, 6) is 1.82. The van der Waals surface area contributed by atoms with Crippen LogP contribution in [0.5, 0.6) is 11.5 Å². The van der Waals surface area contributed by atoms with Gasteiger partial charge in [-0.15, -0.1) is 0 Å². The zero-order chi connectivity index (χ0) is 19.8. The highest BCUT2D eigenvalue weighted by molar-refractivity contribution is 5.64. The lowest BCUT2D eigenvalue weighted by Crippen LogP contribution is -2.34. The van der Waals surface area contributed by atoms with E-state index in [1.807, 2.05) is 36.5 Å². The Morgan fingerprint density at radius 3 is 2.86 bits per heavy atom. The maximum absolute atomic E-state index is 9.71. The van der Waals surface area contributed by atoms with Crippen molar-refractivity contribution in [3.05, 3.63) is 71.1 Å². The molecule has 3 aromatic rings. The van der Waals surface area contributed by atoms with Crippen molar-refractivity contribution in [2.75, 3.05) is 25.4 Å². The van der Waals surface area contributed by atoms with E-state index < -0.39 is 0 Å². The van der Waals surface area contributed by atoms with Gasteiger partial charge in [-0.25, -0.2) is 9.97 Å². The lowest BCUT2D eigenvalue weighted by Gasteiger charge is -2.30. The number of nitrogens with two attached hydrogens (primary N) is 1. The summed E-state index contributed by atoms with van der Waals surface area (Å²) >= 11 is 0. The number of aromatic hydroxyl groups is 1. The average Bonchev–Trinajstić information content (AvgIpc) is 2.73. The zero-order valence-corrected chi connectivity index (χ0v) is 16.0. The van der Waals surface area contributed by atoms with Crippen LogP contribution in [-0.4, -0.2) is 39.7 Å². The van der Waals surface area contributed by atoms with Crippen LogP contribution in [0.3, 0.4) is 0 Å². The second-order valence-electron chi connectivity index (χ2n) is 7.56. The molecule has 2 aromatic carbocycles. The van der Waals surface area contributed by atoms with Crippen molar-refractivity contribution in [1.29, 1.82) is 0 Å². The van der Waals surface area contributed by atoms with Crippen LogP contribution in [0.25, 0.3) is 17.5 Å². The Bertz CT molecular complexity index is 1090. The largest absolute Gasteiger partial charge is 0.508 e. The molecule has 29 heavy (non-hydrogen) atoms. The molecule has 0 saturated heterocycles. The first-order chi connectivity index (χ1) is 14.1. The smallest absolute Gasteiger partial charge is 0.159 e. The van der Waals surface area contributed by atoms with Gasteiger partial charge in [0, 0.05) is 54.6 Å². The topological polar surface area (TPSA) is 84.5 Å². The van der Waals surface area contributed by atoms with Crippen LogP contribution in [0, 0.1) is 0 Å². The molecule has 2 aliphatic rings. The Kier molecular flexibility index (Phi) is 4.41. The SMILES string of the molecule is Nc1ccc(-c2ncc3c(n2)CCN(CC2=Cc4cc(O)ccc4OC2)C3)cc1. The van der Waals surface area contributed by atoms with Crippen molar-refractivity contribution in [3.63, 3.8) is 0 Å². The molecule has 5 rings (SSSR count). The molecular weight excluding hydrogens is 364 g/mol. The third kappa shape index (κ3) is 3.67. The molecular formula is C23H22N4O2. The van der Waals surface area contributed by atoms with Gasteiger partial charge in [-0.3, -0.25) is 4.90 Å². The predicted molar refractivity (Wildman–Crippen MR) is 112 cm³/mol. The lowest BCUT2D eigenvalue weighted by atomic mass is 10.0. The Morgan fingerprint density at radius 2 is 2.00 bits per heavy atom. The van der Waals surface area contributed by atoms with Crippen molar-refractivity contribution in [3.8, 4) is 22.9 Å². The van der Waals surface area contributed by atoms with E-state index in [4.69, 9.17) is 15.5 Å². The normalized spacial score (nSPS) is 15.8. The third-order valence-electron chi connectivity index (χ3n) is 5.37. The highest BCUT2D eigenvalue weighted by atomic mass is 16.5. The van der Waals surface area contributed by atoms with E-state index >= 15 is 0 Å². The van der Waals surface area contributed by atoms with Crippen molar-refractivity contribution in [2.45, 2.75) is 13.0 Å². The average molecular weight is 386 g/mol. The molecule has 3 N–H and O–H groups in total. The van der Waals surface area contributed by atoms with Gasteiger partial charge in [0.1, 0.15) is 18.1 Å². The van der Waals surface area contributed by atoms with Gasteiger partial charge in [-0.2, -0.15) is 0 Å². The summed E-state index contributed by atoms with van der Waals surface area (Å²) in [6, 6.07) is 12.9. The van der Waals surface area contributed by atoms with Crippen LogP contribution in [0.2, 0.25) is 0 Å². The number of hydrogen-bond donors (Lipinski definition) is 2. The Labute approximate surface area is 169 Å². The van der Waals surface area contributed by atoms with Gasteiger partial charge in [0.2, 0.25) is 0 Å². The van der Waals surface area contributed by atoms with Gasteiger partial charge in [0.15, 0.2) is 5.82 Å². The third-order valence-corrected chi connectivity index (χ3v) is 5.37. The number of benzene rings is 2. The van der Waals surface area contributed by atoms with Gasteiger partial charge in [0.25, 0.3) is 0 Å². The van der Waals surface area contributed by atoms with E-state index in [0.717, 1.165) is 60.1 Å². The zero-order valence-electron chi connectivity index (χ0n) is 16.0. The second kappa shape index (κ2) is 7.22. The molecule has 0 bridgehead atoms. The first-order valence-corrected chi connectivity index (χ1v) is 9.72. The number of hydrogen-bond acceptors (Lipinski definition) is 6. The number of aromatic nitrogens is 2. The van der Waals surface area contributed by atoms with Gasteiger partial charge in [-0.1, -0.05) is 0 Å². The van der Waals surface area contributed by atoms with Crippen molar-refractivity contribution < 1.29 is 9.84 Å². The van der Waals surface area contributed by atoms with E-state index in [1.54, 1.807) is 12.1 Å². The maximum Gasteiger partial charge on any atom is 0.159 e. The molecule has 2 aliphatic heterocycles. The molecule has 0 atom stereocenters. The number of nitrogens with zero attached hydrogens (tertiary/aromatic N) is 3. The van der Waals surface area contributed by atoms with Crippen LogP contribution >= 0.6 is 0 Å².